The number of methoxy groups -OCH3 is 1. The van der Waals surface area contributed by atoms with Crippen LogP contribution in [0, 0.1) is 5.92 Å². The molecule has 1 amide bonds. The molecule has 1 heterocycles. The van der Waals surface area contributed by atoms with E-state index in [0.717, 1.165) is 11.4 Å². The summed E-state index contributed by atoms with van der Waals surface area (Å²) >= 11 is 1.33. The van der Waals surface area contributed by atoms with Gasteiger partial charge in [-0.15, -0.1) is 10.2 Å². The van der Waals surface area contributed by atoms with Crippen LogP contribution in [0.2, 0.25) is 0 Å². The average Bonchev–Trinajstić information content (AvgIpc) is 2.99. The van der Waals surface area contributed by atoms with E-state index in [1.807, 2.05) is 0 Å². The summed E-state index contributed by atoms with van der Waals surface area (Å²) in [5.41, 5.74) is 0.594. The number of hydrogen-bond donors (Lipinski definition) is 1. The maximum absolute atomic E-state index is 12.3. The molecule has 0 bridgehead atoms. The first-order valence-electron chi connectivity index (χ1n) is 7.81. The highest BCUT2D eigenvalue weighted by molar-refractivity contribution is 7.15. The molecule has 0 aliphatic rings. The van der Waals surface area contributed by atoms with Gasteiger partial charge in [-0.05, 0) is 29.7 Å². The Labute approximate surface area is 153 Å². The summed E-state index contributed by atoms with van der Waals surface area (Å²) < 4.78 is 34.0. The summed E-state index contributed by atoms with van der Waals surface area (Å²) in [6, 6.07) is 4.38. The first kappa shape index (κ1) is 19.8. The number of carbonyl (C=O) groups is 1. The molecule has 0 radical (unpaired) electrons. The Balaban J connectivity index is 2.00. The summed E-state index contributed by atoms with van der Waals surface area (Å²) in [6.07, 6.45) is 3.64. The highest BCUT2D eigenvalue weighted by atomic mass is 32.1. The van der Waals surface area contributed by atoms with Gasteiger partial charge in [-0.1, -0.05) is 31.3 Å². The maximum Gasteiger partial charge on any atom is 0.387 e. The minimum Gasteiger partial charge on any atom is -0.493 e. The van der Waals surface area contributed by atoms with E-state index in [-0.39, 0.29) is 17.4 Å². The third-order valence-corrected chi connectivity index (χ3v) is 3.97. The Morgan fingerprint density at radius 1 is 1.31 bits per heavy atom. The number of ether oxygens (including phenoxy) is 2. The molecule has 1 aromatic heterocycles. The molecule has 140 valence electrons. The van der Waals surface area contributed by atoms with Gasteiger partial charge in [0.1, 0.15) is 5.01 Å². The van der Waals surface area contributed by atoms with Crippen molar-refractivity contribution in [1.82, 2.24) is 10.2 Å². The molecule has 0 unspecified atom stereocenters. The quantitative estimate of drug-likeness (QED) is 0.698. The summed E-state index contributed by atoms with van der Waals surface area (Å²) in [5.74, 6) is 0.161. The smallest absolute Gasteiger partial charge is 0.387 e. The van der Waals surface area contributed by atoms with Gasteiger partial charge in [0, 0.05) is 12.5 Å². The number of hydrogen-bond acceptors (Lipinski definition) is 6. The second-order valence-electron chi connectivity index (χ2n) is 5.71. The molecule has 2 rings (SSSR count). The van der Waals surface area contributed by atoms with E-state index in [4.69, 9.17) is 4.74 Å². The molecule has 0 saturated carbocycles. The average molecular weight is 383 g/mol. The monoisotopic (exact) mass is 383 g/mol. The van der Waals surface area contributed by atoms with Gasteiger partial charge in [0.15, 0.2) is 11.5 Å². The Hall–Kier alpha value is -2.55. The van der Waals surface area contributed by atoms with E-state index in [1.54, 1.807) is 0 Å². The standard InChI is InChI=1S/C17H19F2N3O3S/c1-10(2)8-15-21-22-17(26-15)20-14(23)7-5-11-4-6-12(25-16(18)19)13(9-11)24-3/h4-7,9-10,16H,8H2,1-3H3,(H,20,22,23). The van der Waals surface area contributed by atoms with Crippen molar-refractivity contribution in [2.45, 2.75) is 26.9 Å². The second-order valence-corrected chi connectivity index (χ2v) is 6.77. The van der Waals surface area contributed by atoms with Gasteiger partial charge in [-0.2, -0.15) is 8.78 Å². The Bertz CT molecular complexity index is 778. The summed E-state index contributed by atoms with van der Waals surface area (Å²) in [7, 11) is 1.35. The number of amides is 1. The SMILES string of the molecule is COc1cc(C=CC(=O)Nc2nnc(CC(C)C)s2)ccc1OC(F)F. The first-order valence-corrected chi connectivity index (χ1v) is 8.63. The Morgan fingerprint density at radius 3 is 2.73 bits per heavy atom. The first-order chi connectivity index (χ1) is 12.4. The van der Waals surface area contributed by atoms with Gasteiger partial charge in [-0.25, -0.2) is 0 Å². The fraction of sp³-hybridized carbons (Fsp3) is 0.353. The molecule has 0 atom stereocenters. The zero-order chi connectivity index (χ0) is 19.1. The van der Waals surface area contributed by atoms with Crippen LogP contribution in [0.15, 0.2) is 24.3 Å². The number of nitrogens with zero attached hydrogens (tertiary/aromatic N) is 2. The zero-order valence-electron chi connectivity index (χ0n) is 14.5. The van der Waals surface area contributed by atoms with Crippen LogP contribution in [0.1, 0.15) is 24.4 Å². The van der Waals surface area contributed by atoms with E-state index < -0.39 is 6.61 Å². The molecule has 6 nitrogen and oxygen atoms in total. The van der Waals surface area contributed by atoms with E-state index >= 15 is 0 Å². The fourth-order valence-electron chi connectivity index (χ4n) is 2.04. The summed E-state index contributed by atoms with van der Waals surface area (Å²) in [4.78, 5) is 12.0. The van der Waals surface area contributed by atoms with Crippen molar-refractivity contribution in [2.75, 3.05) is 12.4 Å². The number of alkyl halides is 2. The van der Waals surface area contributed by atoms with Crippen LogP contribution in [-0.2, 0) is 11.2 Å². The fourth-order valence-corrected chi connectivity index (χ4v) is 2.99. The molecule has 2 aromatic rings. The largest absolute Gasteiger partial charge is 0.493 e. The van der Waals surface area contributed by atoms with Gasteiger partial charge < -0.3 is 9.47 Å². The zero-order valence-corrected chi connectivity index (χ0v) is 15.3. The van der Waals surface area contributed by atoms with E-state index in [1.165, 1.54) is 48.8 Å². The third-order valence-electron chi connectivity index (χ3n) is 3.11. The van der Waals surface area contributed by atoms with Crippen molar-refractivity contribution in [1.29, 1.82) is 0 Å². The molecule has 0 saturated heterocycles. The van der Waals surface area contributed by atoms with E-state index in [0.29, 0.717) is 16.6 Å². The third kappa shape index (κ3) is 6.07. The van der Waals surface area contributed by atoms with Gasteiger partial charge in [0.25, 0.3) is 0 Å². The maximum atomic E-state index is 12.3. The van der Waals surface area contributed by atoms with Crippen LogP contribution in [-0.4, -0.2) is 29.8 Å². The van der Waals surface area contributed by atoms with E-state index in [9.17, 15) is 13.6 Å². The van der Waals surface area contributed by atoms with Crippen LogP contribution in [0.5, 0.6) is 11.5 Å². The van der Waals surface area contributed by atoms with Crippen LogP contribution < -0.4 is 14.8 Å². The lowest BCUT2D eigenvalue weighted by Gasteiger charge is -2.10. The van der Waals surface area contributed by atoms with Crippen molar-refractivity contribution in [3.63, 3.8) is 0 Å². The van der Waals surface area contributed by atoms with Gasteiger partial charge >= 0.3 is 6.61 Å². The Kier molecular flexibility index (Phi) is 7.02. The van der Waals surface area contributed by atoms with Crippen LogP contribution in [0.25, 0.3) is 6.08 Å². The van der Waals surface area contributed by atoms with Gasteiger partial charge in [0.2, 0.25) is 11.0 Å². The summed E-state index contributed by atoms with van der Waals surface area (Å²) in [5, 5.41) is 11.9. The van der Waals surface area contributed by atoms with Crippen molar-refractivity contribution in [3.05, 3.63) is 34.8 Å². The van der Waals surface area contributed by atoms with Gasteiger partial charge in [0.05, 0.1) is 7.11 Å². The summed E-state index contributed by atoms with van der Waals surface area (Å²) in [6.45, 7) is 1.21. The molecule has 1 aromatic carbocycles. The van der Waals surface area contributed by atoms with Crippen LogP contribution in [0.3, 0.4) is 0 Å². The Morgan fingerprint density at radius 2 is 2.08 bits per heavy atom. The molecule has 0 aliphatic heterocycles. The lowest BCUT2D eigenvalue weighted by atomic mass is 10.1. The van der Waals surface area contributed by atoms with Crippen molar-refractivity contribution in [3.8, 4) is 11.5 Å². The number of rotatable bonds is 8. The number of carbonyl (C=O) groups excluding carboxylic acids is 1. The molecule has 9 heteroatoms. The predicted molar refractivity (Wildman–Crippen MR) is 95.7 cm³/mol. The number of nitrogens with one attached hydrogen (secondary N) is 1. The molecule has 0 aliphatic carbocycles. The van der Waals surface area contributed by atoms with Crippen molar-refractivity contribution < 1.29 is 23.0 Å². The normalized spacial score (nSPS) is 11.3. The minimum atomic E-state index is -2.94. The molecule has 1 N–H and O–H groups in total. The molecular weight excluding hydrogens is 364 g/mol. The van der Waals surface area contributed by atoms with Crippen molar-refractivity contribution in [2.24, 2.45) is 5.92 Å². The van der Waals surface area contributed by atoms with Crippen LogP contribution in [0.4, 0.5) is 13.9 Å². The molecule has 0 fully saturated rings. The molecule has 0 spiro atoms. The molecular formula is C17H19F2N3O3S. The second kappa shape index (κ2) is 9.23. The highest BCUT2D eigenvalue weighted by Crippen LogP contribution is 2.29. The lowest BCUT2D eigenvalue weighted by Crippen LogP contribution is -2.07. The van der Waals surface area contributed by atoms with Crippen LogP contribution >= 0.6 is 11.3 Å². The highest BCUT2D eigenvalue weighted by Gasteiger charge is 2.11. The lowest BCUT2D eigenvalue weighted by molar-refractivity contribution is -0.111. The number of aromatic nitrogens is 2. The predicted octanol–water partition coefficient (Wildman–Crippen LogP) is 4.00. The van der Waals surface area contributed by atoms with Gasteiger partial charge in [-0.3, -0.25) is 10.1 Å². The van der Waals surface area contributed by atoms with Crippen molar-refractivity contribution >= 4 is 28.5 Å². The number of anilines is 1. The minimum absolute atomic E-state index is 0.0735. The van der Waals surface area contributed by atoms with E-state index in [2.05, 4.69) is 34.1 Å². The molecule has 26 heavy (non-hydrogen) atoms. The number of benzene rings is 1. The number of halogens is 2. The topological polar surface area (TPSA) is 73.3 Å².